The zero-order valence-electron chi connectivity index (χ0n) is 10.9. The van der Waals surface area contributed by atoms with Crippen LogP contribution in [0.15, 0.2) is 24.5 Å². The number of carbonyl (C=O) groups excluding carboxylic acids is 1. The van der Waals surface area contributed by atoms with Crippen molar-refractivity contribution in [3.8, 4) is 5.75 Å². The van der Waals surface area contributed by atoms with E-state index < -0.39 is 0 Å². The lowest BCUT2D eigenvalue weighted by Gasteiger charge is -2.30. The first-order valence-corrected chi connectivity index (χ1v) is 6.22. The topological polar surface area (TPSA) is 69.7 Å². The van der Waals surface area contributed by atoms with Gasteiger partial charge in [0, 0.05) is 19.9 Å². The number of methoxy groups -OCH3 is 1. The van der Waals surface area contributed by atoms with Crippen LogP contribution in [0.2, 0.25) is 0 Å². The molecule has 0 radical (unpaired) electrons. The Hall–Kier alpha value is -1.66. The number of ether oxygens (including phenoxy) is 3. The van der Waals surface area contributed by atoms with Crippen molar-refractivity contribution >= 4 is 5.91 Å². The number of nitrogens with zero attached hydrogens (tertiary/aromatic N) is 1. The van der Waals surface area contributed by atoms with Crippen LogP contribution >= 0.6 is 0 Å². The largest absolute Gasteiger partial charge is 0.482 e. The van der Waals surface area contributed by atoms with Crippen LogP contribution in [-0.4, -0.2) is 50.0 Å². The minimum absolute atomic E-state index is 0.0243. The second kappa shape index (κ2) is 7.06. The molecular formula is C13H18N2O4. The van der Waals surface area contributed by atoms with Crippen LogP contribution in [-0.2, 0) is 14.3 Å². The molecule has 6 nitrogen and oxygen atoms in total. The number of hydrogen-bond donors (Lipinski definition) is 1. The van der Waals surface area contributed by atoms with E-state index in [1.165, 1.54) is 0 Å². The molecule has 0 spiro atoms. The van der Waals surface area contributed by atoms with Gasteiger partial charge in [-0.25, -0.2) is 0 Å². The van der Waals surface area contributed by atoms with Gasteiger partial charge in [-0.3, -0.25) is 9.78 Å². The third-order valence-corrected chi connectivity index (χ3v) is 2.96. The molecule has 0 aromatic carbocycles. The molecular weight excluding hydrogens is 248 g/mol. The van der Waals surface area contributed by atoms with E-state index in [0.717, 1.165) is 6.42 Å². The molecule has 1 amide bonds. The Labute approximate surface area is 112 Å². The quantitative estimate of drug-likeness (QED) is 0.834. The lowest BCUT2D eigenvalue weighted by Crippen LogP contribution is -2.50. The average molecular weight is 266 g/mol. The van der Waals surface area contributed by atoms with Crippen LogP contribution in [0.3, 0.4) is 0 Å². The highest BCUT2D eigenvalue weighted by molar-refractivity contribution is 5.77. The van der Waals surface area contributed by atoms with Gasteiger partial charge in [0.15, 0.2) is 6.61 Å². The van der Waals surface area contributed by atoms with Gasteiger partial charge in [-0.15, -0.1) is 0 Å². The number of nitrogens with one attached hydrogen (secondary N) is 1. The maximum absolute atomic E-state index is 11.8. The Balaban J connectivity index is 1.77. The third-order valence-electron chi connectivity index (χ3n) is 2.96. The molecule has 1 aromatic heterocycles. The molecule has 1 aliphatic heterocycles. The van der Waals surface area contributed by atoms with Crippen LogP contribution in [0.1, 0.15) is 6.42 Å². The van der Waals surface area contributed by atoms with Gasteiger partial charge in [0.2, 0.25) is 0 Å². The van der Waals surface area contributed by atoms with E-state index >= 15 is 0 Å². The van der Waals surface area contributed by atoms with E-state index in [4.69, 9.17) is 14.2 Å². The Bertz CT molecular complexity index is 399. The summed E-state index contributed by atoms with van der Waals surface area (Å²) in [6, 6.07) is 3.49. The fraction of sp³-hybridized carbons (Fsp3) is 0.538. The monoisotopic (exact) mass is 266 g/mol. The molecule has 19 heavy (non-hydrogen) atoms. The first kappa shape index (κ1) is 13.8. The van der Waals surface area contributed by atoms with E-state index in [9.17, 15) is 4.79 Å². The van der Waals surface area contributed by atoms with Gasteiger partial charge in [0.25, 0.3) is 5.91 Å². The summed E-state index contributed by atoms with van der Waals surface area (Å²) in [6.45, 7) is 1.11. The maximum Gasteiger partial charge on any atom is 0.258 e. The van der Waals surface area contributed by atoms with Crippen molar-refractivity contribution in [2.75, 3.05) is 26.9 Å². The van der Waals surface area contributed by atoms with Crippen molar-refractivity contribution in [2.45, 2.75) is 18.6 Å². The highest BCUT2D eigenvalue weighted by atomic mass is 16.5. The molecule has 1 saturated heterocycles. The SMILES string of the molecule is CO[C@@H]1COCC[C@H]1NC(=O)COc1cccnc1. The second-order valence-electron chi connectivity index (χ2n) is 4.29. The van der Waals surface area contributed by atoms with Crippen LogP contribution in [0, 0.1) is 0 Å². The molecule has 0 unspecified atom stereocenters. The van der Waals surface area contributed by atoms with Crippen molar-refractivity contribution < 1.29 is 19.0 Å². The summed E-state index contributed by atoms with van der Waals surface area (Å²) in [5.41, 5.74) is 0. The number of carbonyl (C=O) groups is 1. The summed E-state index contributed by atoms with van der Waals surface area (Å²) in [5, 5.41) is 2.90. The normalized spacial score (nSPS) is 22.8. The number of aromatic nitrogens is 1. The zero-order chi connectivity index (χ0) is 13.5. The molecule has 1 aliphatic rings. The summed E-state index contributed by atoms with van der Waals surface area (Å²) in [5.74, 6) is 0.408. The Kier molecular flexibility index (Phi) is 5.11. The molecule has 2 rings (SSSR count). The van der Waals surface area contributed by atoms with Gasteiger partial charge >= 0.3 is 0 Å². The highest BCUT2D eigenvalue weighted by Crippen LogP contribution is 2.11. The van der Waals surface area contributed by atoms with Crippen molar-refractivity contribution in [2.24, 2.45) is 0 Å². The average Bonchev–Trinajstić information content (AvgIpc) is 2.47. The Morgan fingerprint density at radius 3 is 3.26 bits per heavy atom. The van der Waals surface area contributed by atoms with Crippen molar-refractivity contribution in [1.29, 1.82) is 0 Å². The second-order valence-corrected chi connectivity index (χ2v) is 4.29. The first-order chi connectivity index (χ1) is 9.29. The standard InChI is InChI=1S/C13H18N2O4/c1-17-12-8-18-6-4-11(12)15-13(16)9-19-10-3-2-5-14-7-10/h2-3,5,7,11-12H,4,6,8-9H2,1H3,(H,15,16)/t11-,12-/m1/s1. The number of hydrogen-bond acceptors (Lipinski definition) is 5. The molecule has 1 N–H and O–H groups in total. The molecule has 6 heteroatoms. The minimum Gasteiger partial charge on any atom is -0.482 e. The summed E-state index contributed by atoms with van der Waals surface area (Å²) in [6.07, 6.45) is 3.87. The first-order valence-electron chi connectivity index (χ1n) is 6.22. The van der Waals surface area contributed by atoms with Gasteiger partial charge in [-0.2, -0.15) is 0 Å². The van der Waals surface area contributed by atoms with Gasteiger partial charge in [-0.1, -0.05) is 0 Å². The molecule has 1 fully saturated rings. The van der Waals surface area contributed by atoms with E-state index in [0.29, 0.717) is 19.0 Å². The molecule has 0 saturated carbocycles. The van der Waals surface area contributed by atoms with Crippen LogP contribution in [0.5, 0.6) is 5.75 Å². The van der Waals surface area contributed by atoms with Crippen molar-refractivity contribution in [1.82, 2.24) is 10.3 Å². The lowest BCUT2D eigenvalue weighted by molar-refractivity contribution is -0.127. The van der Waals surface area contributed by atoms with Crippen LogP contribution < -0.4 is 10.1 Å². The number of rotatable bonds is 5. The Morgan fingerprint density at radius 2 is 2.53 bits per heavy atom. The highest BCUT2D eigenvalue weighted by Gasteiger charge is 2.26. The molecule has 104 valence electrons. The number of pyridine rings is 1. The van der Waals surface area contributed by atoms with Crippen LogP contribution in [0.4, 0.5) is 0 Å². The molecule has 0 bridgehead atoms. The van der Waals surface area contributed by atoms with Gasteiger partial charge in [0.05, 0.1) is 18.8 Å². The fourth-order valence-corrected chi connectivity index (χ4v) is 1.94. The van der Waals surface area contributed by atoms with Crippen LogP contribution in [0.25, 0.3) is 0 Å². The third kappa shape index (κ3) is 4.18. The van der Waals surface area contributed by atoms with E-state index in [1.54, 1.807) is 31.6 Å². The fourth-order valence-electron chi connectivity index (χ4n) is 1.94. The van der Waals surface area contributed by atoms with Crippen molar-refractivity contribution in [3.05, 3.63) is 24.5 Å². The summed E-state index contributed by atoms with van der Waals surface area (Å²) < 4.78 is 15.9. The predicted molar refractivity (Wildman–Crippen MR) is 67.9 cm³/mol. The minimum atomic E-state index is -0.169. The Morgan fingerprint density at radius 1 is 1.63 bits per heavy atom. The zero-order valence-corrected chi connectivity index (χ0v) is 10.9. The van der Waals surface area contributed by atoms with E-state index in [-0.39, 0.29) is 24.7 Å². The predicted octanol–water partition coefficient (Wildman–Crippen LogP) is 0.380. The summed E-state index contributed by atoms with van der Waals surface area (Å²) >= 11 is 0. The molecule has 1 aromatic rings. The van der Waals surface area contributed by atoms with E-state index in [2.05, 4.69) is 10.3 Å². The van der Waals surface area contributed by atoms with Gasteiger partial charge in [0.1, 0.15) is 11.9 Å². The van der Waals surface area contributed by atoms with Gasteiger partial charge < -0.3 is 19.5 Å². The smallest absolute Gasteiger partial charge is 0.258 e. The molecule has 2 heterocycles. The summed E-state index contributed by atoms with van der Waals surface area (Å²) in [4.78, 5) is 15.7. The maximum atomic E-state index is 11.8. The molecule has 0 aliphatic carbocycles. The van der Waals surface area contributed by atoms with E-state index in [1.807, 2.05) is 0 Å². The lowest BCUT2D eigenvalue weighted by atomic mass is 10.1. The molecule has 2 atom stereocenters. The summed E-state index contributed by atoms with van der Waals surface area (Å²) in [7, 11) is 1.62. The van der Waals surface area contributed by atoms with Gasteiger partial charge in [-0.05, 0) is 18.6 Å². The van der Waals surface area contributed by atoms with Crippen molar-refractivity contribution in [3.63, 3.8) is 0 Å². The number of amides is 1.